The Morgan fingerprint density at radius 1 is 1.17 bits per heavy atom. The molecule has 2 amide bonds. The minimum Gasteiger partial charge on any atom is -0.356 e. The summed E-state index contributed by atoms with van der Waals surface area (Å²) in [5, 5.41) is 13.5. The van der Waals surface area contributed by atoms with Crippen LogP contribution in [0.2, 0.25) is 0 Å². The van der Waals surface area contributed by atoms with Crippen molar-refractivity contribution in [1.82, 2.24) is 10.6 Å². The number of carbonyl (C=O) groups is 2. The van der Waals surface area contributed by atoms with Crippen molar-refractivity contribution >= 4 is 34.5 Å². The largest absolute Gasteiger partial charge is 0.356 e. The molecule has 158 valence electrons. The molecular weight excluding hydrogens is 391 g/mol. The summed E-state index contributed by atoms with van der Waals surface area (Å²) in [5.41, 5.74) is 1.35. The average molecular weight is 421 g/mol. The second kappa shape index (κ2) is 12.4. The van der Waals surface area contributed by atoms with Crippen LogP contribution in [0.1, 0.15) is 64.4 Å². The van der Waals surface area contributed by atoms with Gasteiger partial charge in [-0.1, -0.05) is 62.9 Å². The van der Waals surface area contributed by atoms with Gasteiger partial charge in [0.25, 0.3) is 0 Å². The summed E-state index contributed by atoms with van der Waals surface area (Å²) in [7, 11) is 0. The lowest BCUT2D eigenvalue weighted by atomic mass is 10.1. The van der Waals surface area contributed by atoms with Gasteiger partial charge in [-0.25, -0.2) is 4.39 Å². The Kier molecular flexibility index (Phi) is 9.83. The molecule has 1 aliphatic rings. The zero-order chi connectivity index (χ0) is 21.1. The summed E-state index contributed by atoms with van der Waals surface area (Å²) >= 11 is 1.20. The molecule has 1 atom stereocenters. The van der Waals surface area contributed by atoms with E-state index in [1.165, 1.54) is 49.6 Å². The topological polar surface area (TPSA) is 82.9 Å². The summed E-state index contributed by atoms with van der Waals surface area (Å²) in [5.74, 6) is -0.680. The zero-order valence-electron chi connectivity index (χ0n) is 17.0. The van der Waals surface area contributed by atoms with E-state index in [2.05, 4.69) is 27.8 Å². The normalized spacial score (nSPS) is 18.2. The van der Waals surface area contributed by atoms with Gasteiger partial charge in [0, 0.05) is 13.0 Å². The van der Waals surface area contributed by atoms with E-state index in [9.17, 15) is 14.0 Å². The third-order valence-corrected chi connectivity index (χ3v) is 5.62. The number of amides is 2. The van der Waals surface area contributed by atoms with E-state index in [1.54, 1.807) is 19.1 Å². The molecule has 2 N–H and O–H groups in total. The van der Waals surface area contributed by atoms with Crippen molar-refractivity contribution in [2.24, 2.45) is 10.2 Å². The standard InChI is InChI=1S/C21H29FN4O2S/c1-3-4-5-6-7-8-13-23-19(27)14-18-20(28)24-21(29-18)26-25-15(2)16-9-11-17(22)12-10-16/h9-12,18H,3-8,13-14H2,1-2H3,(H,23,27)(H,24,26,28)/b25-15+. The molecule has 0 aromatic heterocycles. The zero-order valence-corrected chi connectivity index (χ0v) is 17.9. The van der Waals surface area contributed by atoms with Gasteiger partial charge in [-0.2, -0.15) is 5.10 Å². The maximum atomic E-state index is 13.0. The molecule has 1 unspecified atom stereocenters. The number of hydrogen-bond donors (Lipinski definition) is 2. The fourth-order valence-corrected chi connectivity index (χ4v) is 3.75. The van der Waals surface area contributed by atoms with Crippen LogP contribution in [-0.4, -0.2) is 34.5 Å². The Hall–Kier alpha value is -2.22. The first-order chi connectivity index (χ1) is 14.0. The van der Waals surface area contributed by atoms with E-state index in [0.717, 1.165) is 18.4 Å². The average Bonchev–Trinajstić information content (AvgIpc) is 3.05. The van der Waals surface area contributed by atoms with Crippen LogP contribution in [0.25, 0.3) is 0 Å². The highest BCUT2D eigenvalue weighted by molar-refractivity contribution is 8.15. The molecule has 0 radical (unpaired) electrons. The lowest BCUT2D eigenvalue weighted by Crippen LogP contribution is -2.31. The first-order valence-corrected chi connectivity index (χ1v) is 11.0. The van der Waals surface area contributed by atoms with Crippen molar-refractivity contribution in [2.75, 3.05) is 6.54 Å². The third-order valence-electron chi connectivity index (χ3n) is 4.55. The number of amidine groups is 1. The molecular formula is C21H29FN4O2S. The van der Waals surface area contributed by atoms with Crippen LogP contribution in [0.15, 0.2) is 34.5 Å². The van der Waals surface area contributed by atoms with Gasteiger partial charge in [0.15, 0.2) is 5.17 Å². The predicted octanol–water partition coefficient (Wildman–Crippen LogP) is 4.00. The number of carbonyl (C=O) groups excluding carboxylic acids is 2. The second-order valence-corrected chi connectivity index (χ2v) is 8.21. The summed E-state index contributed by atoms with van der Waals surface area (Å²) in [6.45, 7) is 4.59. The summed E-state index contributed by atoms with van der Waals surface area (Å²) in [4.78, 5) is 24.1. The molecule has 1 aliphatic heterocycles. The Balaban J connectivity index is 1.74. The van der Waals surface area contributed by atoms with Gasteiger partial charge >= 0.3 is 0 Å². The molecule has 1 fully saturated rings. The summed E-state index contributed by atoms with van der Waals surface area (Å²) in [6.07, 6.45) is 7.12. The fourth-order valence-electron chi connectivity index (χ4n) is 2.83. The molecule has 1 saturated heterocycles. The van der Waals surface area contributed by atoms with Crippen molar-refractivity contribution in [3.63, 3.8) is 0 Å². The predicted molar refractivity (Wildman–Crippen MR) is 117 cm³/mol. The van der Waals surface area contributed by atoms with Crippen LogP contribution in [-0.2, 0) is 9.59 Å². The molecule has 8 heteroatoms. The molecule has 0 bridgehead atoms. The smallest absolute Gasteiger partial charge is 0.240 e. The monoisotopic (exact) mass is 420 g/mol. The van der Waals surface area contributed by atoms with E-state index in [4.69, 9.17) is 0 Å². The Labute approximate surface area is 175 Å². The number of nitrogens with zero attached hydrogens (tertiary/aromatic N) is 2. The first kappa shape index (κ1) is 23.1. The van der Waals surface area contributed by atoms with Crippen LogP contribution in [0.5, 0.6) is 0 Å². The highest BCUT2D eigenvalue weighted by Crippen LogP contribution is 2.22. The van der Waals surface area contributed by atoms with Gasteiger partial charge in [-0.15, -0.1) is 5.10 Å². The van der Waals surface area contributed by atoms with Crippen molar-refractivity contribution in [3.8, 4) is 0 Å². The maximum Gasteiger partial charge on any atom is 0.240 e. The Morgan fingerprint density at radius 2 is 1.86 bits per heavy atom. The van der Waals surface area contributed by atoms with Crippen LogP contribution in [0, 0.1) is 5.82 Å². The van der Waals surface area contributed by atoms with Gasteiger partial charge in [0.05, 0.1) is 5.71 Å². The molecule has 1 aromatic rings. The van der Waals surface area contributed by atoms with Crippen LogP contribution < -0.4 is 10.6 Å². The van der Waals surface area contributed by atoms with Gasteiger partial charge < -0.3 is 10.6 Å². The molecule has 0 saturated carbocycles. The van der Waals surface area contributed by atoms with E-state index in [0.29, 0.717) is 17.4 Å². The van der Waals surface area contributed by atoms with Gasteiger partial charge in [0.1, 0.15) is 11.1 Å². The summed E-state index contributed by atoms with van der Waals surface area (Å²) < 4.78 is 13.0. The van der Waals surface area contributed by atoms with E-state index < -0.39 is 5.25 Å². The number of unbranched alkanes of at least 4 members (excludes halogenated alkanes) is 5. The number of halogens is 1. The van der Waals surface area contributed by atoms with Crippen LogP contribution >= 0.6 is 11.8 Å². The lowest BCUT2D eigenvalue weighted by molar-refractivity contribution is -0.125. The highest BCUT2D eigenvalue weighted by Gasteiger charge is 2.32. The SMILES string of the molecule is CCCCCCCCNC(=O)CC1S/C(=N/N=C(\C)c2ccc(F)cc2)NC1=O. The van der Waals surface area contributed by atoms with Crippen molar-refractivity contribution in [3.05, 3.63) is 35.6 Å². The summed E-state index contributed by atoms with van der Waals surface area (Å²) in [6, 6.07) is 5.94. The molecule has 0 aliphatic carbocycles. The van der Waals surface area contributed by atoms with E-state index in [-0.39, 0.29) is 24.1 Å². The van der Waals surface area contributed by atoms with Gasteiger partial charge in [-0.05, 0) is 31.0 Å². The molecule has 29 heavy (non-hydrogen) atoms. The number of rotatable bonds is 11. The maximum absolute atomic E-state index is 13.0. The molecule has 0 spiro atoms. The molecule has 6 nitrogen and oxygen atoms in total. The minimum atomic E-state index is -0.500. The Morgan fingerprint density at radius 3 is 2.59 bits per heavy atom. The number of thioether (sulfide) groups is 1. The second-order valence-electron chi connectivity index (χ2n) is 7.02. The number of nitrogens with one attached hydrogen (secondary N) is 2. The lowest BCUT2D eigenvalue weighted by Gasteiger charge is -2.07. The van der Waals surface area contributed by atoms with Crippen molar-refractivity contribution in [1.29, 1.82) is 0 Å². The van der Waals surface area contributed by atoms with Gasteiger partial charge in [0.2, 0.25) is 11.8 Å². The Bertz CT molecular complexity index is 750. The van der Waals surface area contributed by atoms with E-state index >= 15 is 0 Å². The minimum absolute atomic E-state index is 0.117. The quantitative estimate of drug-likeness (QED) is 0.322. The van der Waals surface area contributed by atoms with Crippen molar-refractivity contribution in [2.45, 2.75) is 64.0 Å². The van der Waals surface area contributed by atoms with E-state index in [1.807, 2.05) is 0 Å². The third kappa shape index (κ3) is 8.35. The number of hydrogen-bond acceptors (Lipinski definition) is 5. The highest BCUT2D eigenvalue weighted by atomic mass is 32.2. The molecule has 2 rings (SSSR count). The number of benzene rings is 1. The fraction of sp³-hybridized carbons (Fsp3) is 0.524. The first-order valence-electron chi connectivity index (χ1n) is 10.1. The van der Waals surface area contributed by atoms with Gasteiger partial charge in [-0.3, -0.25) is 9.59 Å². The van der Waals surface area contributed by atoms with Crippen molar-refractivity contribution < 1.29 is 14.0 Å². The molecule has 1 heterocycles. The van der Waals surface area contributed by atoms with Crippen LogP contribution in [0.4, 0.5) is 4.39 Å². The van der Waals surface area contributed by atoms with Crippen LogP contribution in [0.3, 0.4) is 0 Å². The molecule has 1 aromatic carbocycles.